The first kappa shape index (κ1) is 17.2. The van der Waals surface area contributed by atoms with Gasteiger partial charge in [-0.25, -0.2) is 4.68 Å². The van der Waals surface area contributed by atoms with Crippen molar-refractivity contribution in [2.45, 2.75) is 38.7 Å². The van der Waals surface area contributed by atoms with Gasteiger partial charge in [0.05, 0.1) is 24.2 Å². The summed E-state index contributed by atoms with van der Waals surface area (Å²) in [4.78, 5) is 13.2. The van der Waals surface area contributed by atoms with Crippen LogP contribution < -0.4 is 4.90 Å². The van der Waals surface area contributed by atoms with Gasteiger partial charge in [-0.2, -0.15) is 5.10 Å². The number of hydrogen-bond acceptors (Lipinski definition) is 6. The Kier molecular flexibility index (Phi) is 5.35. The van der Waals surface area contributed by atoms with Crippen LogP contribution in [0, 0.1) is 16.0 Å². The van der Waals surface area contributed by atoms with Crippen LogP contribution in [-0.4, -0.2) is 53.7 Å². The maximum absolute atomic E-state index is 11.5. The zero-order chi connectivity index (χ0) is 17.1. The molecule has 0 radical (unpaired) electrons. The van der Waals surface area contributed by atoms with Crippen LogP contribution in [0.1, 0.15) is 31.9 Å². The van der Waals surface area contributed by atoms with Crippen LogP contribution in [0.5, 0.6) is 0 Å². The van der Waals surface area contributed by atoms with E-state index in [0.29, 0.717) is 23.9 Å². The number of nitro groups is 1. The van der Waals surface area contributed by atoms with E-state index in [4.69, 9.17) is 9.47 Å². The largest absolute Gasteiger partial charge is 0.381 e. The fourth-order valence-corrected chi connectivity index (χ4v) is 3.56. The van der Waals surface area contributed by atoms with Crippen LogP contribution in [0.25, 0.3) is 0 Å². The molecule has 2 fully saturated rings. The second-order valence-electron chi connectivity index (χ2n) is 6.60. The van der Waals surface area contributed by atoms with Gasteiger partial charge in [-0.05, 0) is 25.7 Å². The standard InChI is InChI=1S/C16H26N4O4/c1-3-14-15(20(21)22)16(18(2)17-14)19-7-4-13(5-8-19)24-11-12-6-9-23-10-12/h12-13H,3-11H2,1-2H3. The molecule has 2 aliphatic rings. The Morgan fingerprint density at radius 1 is 1.38 bits per heavy atom. The van der Waals surface area contributed by atoms with Crippen molar-refractivity contribution in [1.29, 1.82) is 0 Å². The van der Waals surface area contributed by atoms with E-state index in [-0.39, 0.29) is 16.7 Å². The topological polar surface area (TPSA) is 82.7 Å². The maximum Gasteiger partial charge on any atom is 0.334 e. The highest BCUT2D eigenvalue weighted by Gasteiger charge is 2.32. The first-order valence-electron chi connectivity index (χ1n) is 8.74. The molecule has 8 heteroatoms. The average Bonchev–Trinajstić information content (AvgIpc) is 3.20. The first-order valence-corrected chi connectivity index (χ1v) is 8.74. The van der Waals surface area contributed by atoms with Crippen molar-refractivity contribution in [3.05, 3.63) is 15.8 Å². The van der Waals surface area contributed by atoms with E-state index in [1.807, 2.05) is 6.92 Å². The molecule has 2 saturated heterocycles. The lowest BCUT2D eigenvalue weighted by atomic mass is 10.1. The fraction of sp³-hybridized carbons (Fsp3) is 0.812. The number of aryl methyl sites for hydroxylation is 2. The van der Waals surface area contributed by atoms with Gasteiger partial charge in [0.1, 0.15) is 5.69 Å². The molecule has 0 aliphatic carbocycles. The predicted octanol–water partition coefficient (Wildman–Crippen LogP) is 1.91. The van der Waals surface area contributed by atoms with Crippen LogP contribution in [0.4, 0.5) is 11.5 Å². The molecule has 3 heterocycles. The molecule has 0 N–H and O–H groups in total. The Morgan fingerprint density at radius 3 is 2.71 bits per heavy atom. The van der Waals surface area contributed by atoms with Crippen molar-refractivity contribution in [2.75, 3.05) is 37.8 Å². The fourth-order valence-electron chi connectivity index (χ4n) is 3.56. The summed E-state index contributed by atoms with van der Waals surface area (Å²) in [6.07, 6.45) is 3.65. The Morgan fingerprint density at radius 2 is 2.12 bits per heavy atom. The van der Waals surface area contributed by atoms with Crippen molar-refractivity contribution in [3.8, 4) is 0 Å². The SMILES string of the molecule is CCc1nn(C)c(N2CCC(OCC3CCOC3)CC2)c1[N+](=O)[O-]. The van der Waals surface area contributed by atoms with Gasteiger partial charge in [0.2, 0.25) is 5.82 Å². The average molecular weight is 338 g/mol. The second kappa shape index (κ2) is 7.48. The van der Waals surface area contributed by atoms with Gasteiger partial charge in [0.15, 0.2) is 0 Å². The monoisotopic (exact) mass is 338 g/mol. The lowest BCUT2D eigenvalue weighted by molar-refractivity contribution is -0.384. The van der Waals surface area contributed by atoms with Crippen molar-refractivity contribution in [2.24, 2.45) is 13.0 Å². The molecular weight excluding hydrogens is 312 g/mol. The third-order valence-electron chi connectivity index (χ3n) is 4.91. The van der Waals surface area contributed by atoms with Gasteiger partial charge in [-0.1, -0.05) is 6.92 Å². The normalized spacial score (nSPS) is 22.2. The van der Waals surface area contributed by atoms with Crippen molar-refractivity contribution in [1.82, 2.24) is 9.78 Å². The van der Waals surface area contributed by atoms with Gasteiger partial charge in [-0.3, -0.25) is 10.1 Å². The Bertz CT molecular complexity index is 575. The van der Waals surface area contributed by atoms with Gasteiger partial charge < -0.3 is 14.4 Å². The molecule has 24 heavy (non-hydrogen) atoms. The minimum absolute atomic E-state index is 0.155. The van der Waals surface area contributed by atoms with Crippen LogP contribution in [0.3, 0.4) is 0 Å². The summed E-state index contributed by atoms with van der Waals surface area (Å²) in [6, 6.07) is 0. The number of hydrogen-bond donors (Lipinski definition) is 0. The second-order valence-corrected chi connectivity index (χ2v) is 6.60. The molecule has 0 bridgehead atoms. The molecule has 0 aromatic carbocycles. The minimum Gasteiger partial charge on any atom is -0.381 e. The van der Waals surface area contributed by atoms with E-state index in [1.54, 1.807) is 11.7 Å². The van der Waals surface area contributed by atoms with E-state index in [0.717, 1.165) is 52.2 Å². The molecule has 134 valence electrons. The number of rotatable bonds is 6. The number of anilines is 1. The number of piperidine rings is 1. The maximum atomic E-state index is 11.5. The van der Waals surface area contributed by atoms with Gasteiger partial charge in [0.25, 0.3) is 0 Å². The molecule has 1 aromatic heterocycles. The van der Waals surface area contributed by atoms with Gasteiger partial charge in [0, 0.05) is 32.7 Å². The van der Waals surface area contributed by atoms with Crippen molar-refractivity contribution < 1.29 is 14.4 Å². The summed E-state index contributed by atoms with van der Waals surface area (Å²) < 4.78 is 13.0. The van der Waals surface area contributed by atoms with E-state index in [1.165, 1.54) is 0 Å². The molecular formula is C16H26N4O4. The molecule has 1 aromatic rings. The van der Waals surface area contributed by atoms with Crippen molar-refractivity contribution >= 4 is 11.5 Å². The highest BCUT2D eigenvalue weighted by Crippen LogP contribution is 2.33. The number of aromatic nitrogens is 2. The third-order valence-corrected chi connectivity index (χ3v) is 4.91. The molecule has 1 atom stereocenters. The Balaban J connectivity index is 1.60. The molecule has 0 amide bonds. The van der Waals surface area contributed by atoms with Crippen molar-refractivity contribution in [3.63, 3.8) is 0 Å². The van der Waals surface area contributed by atoms with Gasteiger partial charge in [-0.15, -0.1) is 0 Å². The zero-order valence-electron chi connectivity index (χ0n) is 14.4. The third kappa shape index (κ3) is 3.54. The van der Waals surface area contributed by atoms with E-state index >= 15 is 0 Å². The summed E-state index contributed by atoms with van der Waals surface area (Å²) in [5.41, 5.74) is 0.708. The molecule has 8 nitrogen and oxygen atoms in total. The van der Waals surface area contributed by atoms with E-state index in [2.05, 4.69) is 10.00 Å². The first-order chi connectivity index (χ1) is 11.6. The molecule has 1 unspecified atom stereocenters. The summed E-state index contributed by atoms with van der Waals surface area (Å²) in [5.74, 6) is 1.15. The smallest absolute Gasteiger partial charge is 0.334 e. The highest BCUT2D eigenvalue weighted by molar-refractivity contribution is 5.61. The Hall–Kier alpha value is -1.67. The van der Waals surface area contributed by atoms with Gasteiger partial charge >= 0.3 is 5.69 Å². The molecule has 2 aliphatic heterocycles. The summed E-state index contributed by atoms with van der Waals surface area (Å²) in [5, 5.41) is 15.8. The lowest BCUT2D eigenvalue weighted by Crippen LogP contribution is -2.38. The number of ether oxygens (including phenoxy) is 2. The lowest BCUT2D eigenvalue weighted by Gasteiger charge is -2.33. The molecule has 3 rings (SSSR count). The quantitative estimate of drug-likeness (QED) is 0.582. The zero-order valence-corrected chi connectivity index (χ0v) is 14.4. The van der Waals surface area contributed by atoms with E-state index in [9.17, 15) is 10.1 Å². The van der Waals surface area contributed by atoms with Crippen LogP contribution in [-0.2, 0) is 22.9 Å². The van der Waals surface area contributed by atoms with Crippen LogP contribution in [0.15, 0.2) is 0 Å². The Labute approximate surface area is 141 Å². The van der Waals surface area contributed by atoms with Crippen LogP contribution in [0.2, 0.25) is 0 Å². The predicted molar refractivity (Wildman–Crippen MR) is 89.4 cm³/mol. The van der Waals surface area contributed by atoms with Crippen LogP contribution >= 0.6 is 0 Å². The minimum atomic E-state index is -0.302. The molecule has 0 spiro atoms. The summed E-state index contributed by atoms with van der Waals surface area (Å²) in [7, 11) is 1.78. The molecule has 0 saturated carbocycles. The highest BCUT2D eigenvalue weighted by atomic mass is 16.6. The summed E-state index contributed by atoms with van der Waals surface area (Å²) in [6.45, 7) is 5.82. The number of nitrogens with zero attached hydrogens (tertiary/aromatic N) is 4. The summed E-state index contributed by atoms with van der Waals surface area (Å²) >= 11 is 0. The van der Waals surface area contributed by atoms with E-state index < -0.39 is 0 Å².